The van der Waals surface area contributed by atoms with Crippen molar-refractivity contribution in [1.82, 2.24) is 15.5 Å². The second kappa shape index (κ2) is 9.85. The molecule has 27 heavy (non-hydrogen) atoms. The van der Waals surface area contributed by atoms with Crippen molar-refractivity contribution in [1.29, 1.82) is 0 Å². The Morgan fingerprint density at radius 2 is 1.81 bits per heavy atom. The van der Waals surface area contributed by atoms with Crippen molar-refractivity contribution in [3.05, 3.63) is 57.2 Å². The normalized spacial score (nSPS) is 15.9. The number of hydrogen-bond donors (Lipinski definition) is 2. The molecule has 1 aliphatic rings. The highest BCUT2D eigenvalue weighted by molar-refractivity contribution is 7.08. The molecule has 1 atom stereocenters. The lowest BCUT2D eigenvalue weighted by atomic mass is 10.1. The van der Waals surface area contributed by atoms with E-state index in [-0.39, 0.29) is 12.6 Å². The quantitative estimate of drug-likeness (QED) is 0.720. The third-order valence-electron chi connectivity index (χ3n) is 4.44. The van der Waals surface area contributed by atoms with Crippen LogP contribution in [0.25, 0.3) is 0 Å². The van der Waals surface area contributed by atoms with Gasteiger partial charge in [0, 0.05) is 31.2 Å². The molecule has 2 aromatic rings. The highest BCUT2D eigenvalue weighted by atomic mass is 35.5. The van der Waals surface area contributed by atoms with Crippen LogP contribution in [-0.2, 0) is 20.9 Å². The Balaban J connectivity index is 1.52. The van der Waals surface area contributed by atoms with Crippen LogP contribution in [0, 0.1) is 0 Å². The molecule has 0 aliphatic carbocycles. The summed E-state index contributed by atoms with van der Waals surface area (Å²) in [5.74, 6) is -1.27. The number of thiophene rings is 1. The van der Waals surface area contributed by atoms with Crippen molar-refractivity contribution >= 4 is 34.8 Å². The van der Waals surface area contributed by atoms with Gasteiger partial charge >= 0.3 is 11.8 Å². The number of nitrogens with one attached hydrogen (secondary N) is 2. The van der Waals surface area contributed by atoms with Gasteiger partial charge in [0.1, 0.15) is 0 Å². The minimum absolute atomic E-state index is 0.0353. The van der Waals surface area contributed by atoms with Crippen LogP contribution < -0.4 is 10.6 Å². The molecule has 6 nitrogen and oxygen atoms in total. The largest absolute Gasteiger partial charge is 0.379 e. The van der Waals surface area contributed by atoms with E-state index in [2.05, 4.69) is 27.0 Å². The Morgan fingerprint density at radius 3 is 2.48 bits per heavy atom. The summed E-state index contributed by atoms with van der Waals surface area (Å²) in [6, 6.07) is 9.20. The molecule has 1 aromatic carbocycles. The summed E-state index contributed by atoms with van der Waals surface area (Å²) in [7, 11) is 0. The summed E-state index contributed by atoms with van der Waals surface area (Å²) in [6.07, 6.45) is 0. The van der Waals surface area contributed by atoms with Crippen molar-refractivity contribution in [2.24, 2.45) is 0 Å². The Labute approximate surface area is 167 Å². The first-order valence-corrected chi connectivity index (χ1v) is 10.1. The molecule has 0 radical (unpaired) electrons. The number of carbonyl (C=O) groups excluding carboxylic acids is 2. The Bertz CT molecular complexity index is 746. The highest BCUT2D eigenvalue weighted by Gasteiger charge is 2.24. The lowest BCUT2D eigenvalue weighted by molar-refractivity contribution is -0.139. The summed E-state index contributed by atoms with van der Waals surface area (Å²) in [6.45, 7) is 3.62. The number of halogens is 1. The zero-order chi connectivity index (χ0) is 19.1. The molecule has 1 unspecified atom stereocenters. The van der Waals surface area contributed by atoms with Gasteiger partial charge in [0.25, 0.3) is 0 Å². The van der Waals surface area contributed by atoms with Crippen molar-refractivity contribution in [3.63, 3.8) is 0 Å². The third kappa shape index (κ3) is 5.77. The van der Waals surface area contributed by atoms with E-state index < -0.39 is 11.8 Å². The molecule has 1 aromatic heterocycles. The van der Waals surface area contributed by atoms with Crippen LogP contribution in [0.15, 0.2) is 41.1 Å². The van der Waals surface area contributed by atoms with E-state index in [1.54, 1.807) is 23.5 Å². The van der Waals surface area contributed by atoms with Crippen LogP contribution in [-0.4, -0.2) is 49.6 Å². The lowest BCUT2D eigenvalue weighted by Gasteiger charge is -2.34. The van der Waals surface area contributed by atoms with Crippen LogP contribution >= 0.6 is 22.9 Å². The van der Waals surface area contributed by atoms with Gasteiger partial charge < -0.3 is 15.4 Å². The molecule has 1 fully saturated rings. The SMILES string of the molecule is O=C(NCc1ccc(Cl)cc1)C(=O)NCC(c1ccsc1)N1CCOCC1. The number of ether oxygens (including phenoxy) is 1. The first-order valence-electron chi connectivity index (χ1n) is 8.78. The van der Waals surface area contributed by atoms with Gasteiger partial charge in [0.15, 0.2) is 0 Å². The predicted octanol–water partition coefficient (Wildman–Crippen LogP) is 2.21. The molecule has 2 N–H and O–H groups in total. The molecule has 0 saturated carbocycles. The predicted molar refractivity (Wildman–Crippen MR) is 106 cm³/mol. The molecule has 8 heteroatoms. The highest BCUT2D eigenvalue weighted by Crippen LogP contribution is 2.23. The monoisotopic (exact) mass is 407 g/mol. The molecule has 1 saturated heterocycles. The topological polar surface area (TPSA) is 70.7 Å². The van der Waals surface area contributed by atoms with Gasteiger partial charge in [0.2, 0.25) is 0 Å². The maximum atomic E-state index is 12.2. The number of carbonyl (C=O) groups is 2. The fourth-order valence-electron chi connectivity index (χ4n) is 2.95. The van der Waals surface area contributed by atoms with E-state index >= 15 is 0 Å². The maximum absolute atomic E-state index is 12.2. The van der Waals surface area contributed by atoms with Crippen LogP contribution in [0.1, 0.15) is 17.2 Å². The second-order valence-electron chi connectivity index (χ2n) is 6.24. The van der Waals surface area contributed by atoms with Gasteiger partial charge in [-0.2, -0.15) is 11.3 Å². The maximum Gasteiger partial charge on any atom is 0.309 e. The Kier molecular flexibility index (Phi) is 7.23. The summed E-state index contributed by atoms with van der Waals surface area (Å²) in [4.78, 5) is 26.5. The third-order valence-corrected chi connectivity index (χ3v) is 5.40. The van der Waals surface area contributed by atoms with Crippen molar-refractivity contribution in [2.45, 2.75) is 12.6 Å². The molecule has 3 rings (SSSR count). The first-order chi connectivity index (χ1) is 13.1. The van der Waals surface area contributed by atoms with E-state index in [1.807, 2.05) is 17.5 Å². The van der Waals surface area contributed by atoms with E-state index in [0.29, 0.717) is 24.8 Å². The van der Waals surface area contributed by atoms with Gasteiger partial charge in [-0.05, 0) is 40.1 Å². The standard InChI is InChI=1S/C19H22ClN3O3S/c20-16-3-1-14(2-4-16)11-21-18(24)19(25)22-12-17(15-5-10-27-13-15)23-6-8-26-9-7-23/h1-5,10,13,17H,6-9,11-12H2,(H,21,24)(H,22,25). The van der Waals surface area contributed by atoms with Crippen molar-refractivity contribution in [3.8, 4) is 0 Å². The van der Waals surface area contributed by atoms with E-state index in [1.165, 1.54) is 0 Å². The number of morpholine rings is 1. The van der Waals surface area contributed by atoms with E-state index in [4.69, 9.17) is 16.3 Å². The summed E-state index contributed by atoms with van der Waals surface area (Å²) < 4.78 is 5.41. The molecular formula is C19H22ClN3O3S. The van der Waals surface area contributed by atoms with Crippen LogP contribution in [0.3, 0.4) is 0 Å². The number of nitrogens with zero attached hydrogens (tertiary/aromatic N) is 1. The molecular weight excluding hydrogens is 386 g/mol. The molecule has 144 valence electrons. The van der Waals surface area contributed by atoms with Crippen molar-refractivity contribution in [2.75, 3.05) is 32.8 Å². The minimum Gasteiger partial charge on any atom is -0.379 e. The minimum atomic E-state index is -0.643. The smallest absolute Gasteiger partial charge is 0.309 e. The van der Waals surface area contributed by atoms with E-state index in [9.17, 15) is 9.59 Å². The second-order valence-corrected chi connectivity index (χ2v) is 7.46. The number of rotatable bonds is 6. The number of hydrogen-bond acceptors (Lipinski definition) is 5. The zero-order valence-electron chi connectivity index (χ0n) is 14.8. The molecule has 1 aliphatic heterocycles. The first kappa shape index (κ1) is 19.8. The average Bonchev–Trinajstić information content (AvgIpc) is 3.22. The summed E-state index contributed by atoms with van der Waals surface area (Å²) >= 11 is 7.46. The van der Waals surface area contributed by atoms with Gasteiger partial charge in [0.05, 0.1) is 19.3 Å². The Morgan fingerprint density at radius 1 is 1.11 bits per heavy atom. The van der Waals surface area contributed by atoms with E-state index in [0.717, 1.165) is 24.2 Å². The van der Waals surface area contributed by atoms with Gasteiger partial charge in [-0.25, -0.2) is 0 Å². The fraction of sp³-hybridized carbons (Fsp3) is 0.368. The van der Waals surface area contributed by atoms with Gasteiger partial charge in [-0.3, -0.25) is 14.5 Å². The van der Waals surface area contributed by atoms with Gasteiger partial charge in [-0.1, -0.05) is 23.7 Å². The summed E-state index contributed by atoms with van der Waals surface area (Å²) in [5, 5.41) is 10.1. The number of benzene rings is 1. The Hall–Kier alpha value is -1.93. The summed E-state index contributed by atoms with van der Waals surface area (Å²) in [5.41, 5.74) is 2.02. The molecule has 2 heterocycles. The van der Waals surface area contributed by atoms with Gasteiger partial charge in [-0.15, -0.1) is 0 Å². The van der Waals surface area contributed by atoms with Crippen molar-refractivity contribution < 1.29 is 14.3 Å². The van der Waals surface area contributed by atoms with Crippen LogP contribution in [0.2, 0.25) is 5.02 Å². The molecule has 0 spiro atoms. The van der Waals surface area contributed by atoms with Crippen LogP contribution in [0.5, 0.6) is 0 Å². The fourth-order valence-corrected chi connectivity index (χ4v) is 3.78. The number of amides is 2. The van der Waals surface area contributed by atoms with Crippen LogP contribution in [0.4, 0.5) is 0 Å². The molecule has 2 amide bonds. The zero-order valence-corrected chi connectivity index (χ0v) is 16.4. The lowest BCUT2D eigenvalue weighted by Crippen LogP contribution is -2.46. The molecule has 0 bridgehead atoms. The average molecular weight is 408 g/mol.